The summed E-state index contributed by atoms with van der Waals surface area (Å²) >= 11 is 0. The van der Waals surface area contributed by atoms with Gasteiger partial charge in [-0.2, -0.15) is 15.9 Å². The van der Waals surface area contributed by atoms with Crippen molar-refractivity contribution in [2.45, 2.75) is 60.3 Å². The summed E-state index contributed by atoms with van der Waals surface area (Å²) in [6.07, 6.45) is 3.89. The van der Waals surface area contributed by atoms with Crippen LogP contribution in [0.2, 0.25) is 0 Å². The predicted molar refractivity (Wildman–Crippen MR) is 156 cm³/mol. The smallest absolute Gasteiger partial charge is 0.264 e. The zero-order valence-corrected chi connectivity index (χ0v) is 24.2. The molecule has 1 aliphatic heterocycles. The van der Waals surface area contributed by atoms with Crippen molar-refractivity contribution in [1.29, 1.82) is 5.53 Å². The monoisotopic (exact) mass is 574 g/mol. The number of anilines is 2. The highest BCUT2D eigenvalue weighted by Crippen LogP contribution is 2.54. The van der Waals surface area contributed by atoms with Crippen LogP contribution in [0.3, 0.4) is 0 Å². The average molecular weight is 575 g/mol. The molecule has 0 spiro atoms. The van der Waals surface area contributed by atoms with E-state index in [-0.39, 0.29) is 53.3 Å². The Labute approximate surface area is 238 Å². The molecule has 19 heteroatoms. The molecular weight excluding hydrogens is 532 g/mol. The van der Waals surface area contributed by atoms with Crippen LogP contribution >= 0.6 is 0 Å². The maximum Gasteiger partial charge on any atom is 0.264 e. The molecule has 1 aromatic rings. The Balaban J connectivity index is 1.48. The van der Waals surface area contributed by atoms with Gasteiger partial charge in [0, 0.05) is 12.2 Å². The molecule has 2 heterocycles. The summed E-state index contributed by atoms with van der Waals surface area (Å²) in [6.45, 7) is 13.4. The number of nitrogens with one attached hydrogen (secondary N) is 6. The molecule has 0 bridgehead atoms. The van der Waals surface area contributed by atoms with Crippen LogP contribution in [0, 0.1) is 16.4 Å². The first-order chi connectivity index (χ1) is 19.3. The van der Waals surface area contributed by atoms with Crippen LogP contribution in [0.5, 0.6) is 0 Å². The van der Waals surface area contributed by atoms with E-state index in [1.807, 2.05) is 13.8 Å². The van der Waals surface area contributed by atoms with Crippen LogP contribution in [0.25, 0.3) is 0 Å². The standard InChI is InChI=1S/C22H42N18O/c1-7-12(2)40(38-26)20-31-18(35-37-20)29-16(25)33-32-15(24)28-17-30-19(36-34-17)39(27)9-14(23)11-41-10-13-8-21(3,4)22(13,5)6/h8-9,12,20,26,37H,7,10-11,23,27H2,1-6H3,(H4,25,29,31,33,35)(H4,24,28,30,32,34,36)/b14-9-,38-26?. The third-order valence-electron chi connectivity index (χ3n) is 7.22. The quantitative estimate of drug-likeness (QED) is 0.0381. The molecule has 0 radical (unpaired) electrons. The second kappa shape index (κ2) is 12.8. The fourth-order valence-electron chi connectivity index (χ4n) is 3.82. The third-order valence-corrected chi connectivity index (χ3v) is 7.22. The average Bonchev–Trinajstić information content (AvgIpc) is 3.57. The van der Waals surface area contributed by atoms with E-state index in [4.69, 9.17) is 33.3 Å². The van der Waals surface area contributed by atoms with Gasteiger partial charge in [0.15, 0.2) is 0 Å². The van der Waals surface area contributed by atoms with Gasteiger partial charge in [-0.3, -0.25) is 21.1 Å². The molecule has 0 saturated carbocycles. The number of rotatable bonds is 12. The van der Waals surface area contributed by atoms with E-state index in [0.29, 0.717) is 12.3 Å². The summed E-state index contributed by atoms with van der Waals surface area (Å²) in [5.41, 5.74) is 32.6. The van der Waals surface area contributed by atoms with E-state index >= 15 is 0 Å². The largest absolute Gasteiger partial charge is 0.399 e. The maximum atomic E-state index is 7.36. The van der Waals surface area contributed by atoms with Gasteiger partial charge in [0.1, 0.15) is 0 Å². The van der Waals surface area contributed by atoms with Crippen molar-refractivity contribution in [2.75, 3.05) is 23.5 Å². The first-order valence-corrected chi connectivity index (χ1v) is 13.0. The molecule has 3 rings (SSSR count). The van der Waals surface area contributed by atoms with Crippen molar-refractivity contribution in [3.63, 3.8) is 0 Å². The van der Waals surface area contributed by atoms with Crippen LogP contribution in [0.15, 0.2) is 44.0 Å². The zero-order chi connectivity index (χ0) is 30.4. The molecule has 0 amide bonds. The highest BCUT2D eigenvalue weighted by molar-refractivity contribution is 5.98. The van der Waals surface area contributed by atoms with Gasteiger partial charge in [-0.25, -0.2) is 20.9 Å². The summed E-state index contributed by atoms with van der Waals surface area (Å²) in [5.74, 6) is 6.32. The van der Waals surface area contributed by atoms with Gasteiger partial charge in [-0.15, -0.1) is 15.3 Å². The first kappa shape index (κ1) is 31.0. The number of aromatic nitrogens is 3. The van der Waals surface area contributed by atoms with E-state index in [2.05, 4.69) is 90.9 Å². The number of aliphatic imine (C=N–C) groups is 1. The number of ether oxygens (including phenoxy) is 1. The minimum Gasteiger partial charge on any atom is -0.399 e. The highest BCUT2D eigenvalue weighted by Gasteiger charge is 2.46. The SMILES string of the molecule is CCC(C)N(N=N)C1N=C(N/C(N)=N/N=C(\N)Nc2nc(N(N)/C=C(\N)COCC3=CC(C)(C)C3(C)C)n[nH]2)NN1. The van der Waals surface area contributed by atoms with Crippen LogP contribution in [-0.2, 0) is 4.74 Å². The van der Waals surface area contributed by atoms with Gasteiger partial charge in [0.05, 0.1) is 18.9 Å². The van der Waals surface area contributed by atoms with Gasteiger partial charge >= 0.3 is 0 Å². The van der Waals surface area contributed by atoms with Crippen molar-refractivity contribution in [1.82, 2.24) is 36.4 Å². The first-order valence-electron chi connectivity index (χ1n) is 13.0. The molecule has 226 valence electrons. The lowest BCUT2D eigenvalue weighted by Gasteiger charge is -2.50. The zero-order valence-electron chi connectivity index (χ0n) is 24.2. The number of nitrogens with zero attached hydrogens (tertiary/aromatic N) is 8. The Morgan fingerprint density at radius 3 is 2.51 bits per heavy atom. The molecule has 1 aliphatic carbocycles. The Morgan fingerprint density at radius 1 is 1.22 bits per heavy atom. The Kier molecular flexibility index (Phi) is 9.68. The van der Waals surface area contributed by atoms with Gasteiger partial charge in [0.25, 0.3) is 5.95 Å². The number of hydrogen-bond acceptors (Lipinski definition) is 13. The predicted octanol–water partition coefficient (Wildman–Crippen LogP) is -0.366. The van der Waals surface area contributed by atoms with E-state index in [1.165, 1.54) is 16.8 Å². The number of allylic oxidation sites excluding steroid dienone is 1. The minimum atomic E-state index is -0.585. The van der Waals surface area contributed by atoms with E-state index in [9.17, 15) is 0 Å². The minimum absolute atomic E-state index is 0.00209. The summed E-state index contributed by atoms with van der Waals surface area (Å²) in [4.78, 5) is 8.50. The number of hydrazine groups is 2. The fourth-order valence-corrected chi connectivity index (χ4v) is 3.82. The highest BCUT2D eigenvalue weighted by atomic mass is 16.5. The summed E-state index contributed by atoms with van der Waals surface area (Å²) < 4.78 is 5.75. The lowest BCUT2D eigenvalue weighted by molar-refractivity contribution is 0.100. The van der Waals surface area contributed by atoms with Crippen LogP contribution < -0.4 is 49.5 Å². The molecule has 14 N–H and O–H groups in total. The molecular formula is C22H42N18O. The van der Waals surface area contributed by atoms with Gasteiger partial charge in [-0.05, 0) is 29.7 Å². The number of nitrogens with two attached hydrogens (primary N) is 4. The van der Waals surface area contributed by atoms with Crippen molar-refractivity contribution in [2.24, 2.45) is 54.3 Å². The van der Waals surface area contributed by atoms with Crippen molar-refractivity contribution in [3.05, 3.63) is 23.5 Å². The second-order valence-corrected chi connectivity index (χ2v) is 10.7. The summed E-state index contributed by atoms with van der Waals surface area (Å²) in [6, 6.07) is 0.00209. The van der Waals surface area contributed by atoms with E-state index in [1.54, 1.807) is 0 Å². The molecule has 0 saturated heterocycles. The Bertz CT molecular complexity index is 1230. The molecule has 2 atom stereocenters. The Morgan fingerprint density at radius 2 is 1.90 bits per heavy atom. The Hall–Kier alpha value is -4.49. The molecule has 2 aliphatic rings. The van der Waals surface area contributed by atoms with Gasteiger partial charge < -0.3 is 21.9 Å². The summed E-state index contributed by atoms with van der Waals surface area (Å²) in [7, 11) is 0. The molecule has 19 nitrogen and oxygen atoms in total. The lowest BCUT2D eigenvalue weighted by Crippen LogP contribution is -2.49. The topological polar surface area (TPSA) is 283 Å². The number of hydrogen-bond donors (Lipinski definition) is 10. The maximum absolute atomic E-state index is 7.36. The lowest BCUT2D eigenvalue weighted by atomic mass is 9.55. The molecule has 0 aromatic carbocycles. The van der Waals surface area contributed by atoms with Crippen molar-refractivity contribution >= 4 is 29.8 Å². The van der Waals surface area contributed by atoms with Crippen molar-refractivity contribution in [3.8, 4) is 0 Å². The van der Waals surface area contributed by atoms with Crippen LogP contribution in [0.4, 0.5) is 11.9 Å². The van der Waals surface area contributed by atoms with E-state index < -0.39 is 6.29 Å². The third kappa shape index (κ3) is 7.58. The molecule has 41 heavy (non-hydrogen) atoms. The van der Waals surface area contributed by atoms with Gasteiger partial charge in [-0.1, -0.05) is 45.9 Å². The van der Waals surface area contributed by atoms with E-state index in [0.717, 1.165) is 11.4 Å². The second-order valence-electron chi connectivity index (χ2n) is 10.7. The molecule has 1 aromatic heterocycles. The van der Waals surface area contributed by atoms with Gasteiger partial charge in [0.2, 0.25) is 30.1 Å². The van der Waals surface area contributed by atoms with Crippen LogP contribution in [0.1, 0.15) is 48.0 Å². The normalized spacial score (nSPS) is 20.8. The molecule has 2 unspecified atom stereocenters. The fraction of sp³-hybridized carbons (Fsp3) is 0.591. The molecule has 0 fully saturated rings. The summed E-state index contributed by atoms with van der Waals surface area (Å²) in [5, 5.41) is 25.8. The van der Waals surface area contributed by atoms with Crippen LogP contribution in [-0.4, -0.2) is 63.6 Å². The van der Waals surface area contributed by atoms with Crippen molar-refractivity contribution < 1.29 is 4.74 Å². The number of aromatic amines is 1. The number of guanidine groups is 3. The number of H-pyrrole nitrogens is 1.